The molecule has 0 spiro atoms. The van der Waals surface area contributed by atoms with E-state index in [1.165, 1.54) is 0 Å². The summed E-state index contributed by atoms with van der Waals surface area (Å²) in [6.45, 7) is 8.88. The molecule has 6 nitrogen and oxygen atoms in total. The van der Waals surface area contributed by atoms with E-state index >= 15 is 0 Å². The van der Waals surface area contributed by atoms with Gasteiger partial charge in [0.2, 0.25) is 5.91 Å². The summed E-state index contributed by atoms with van der Waals surface area (Å²) in [5.74, 6) is -0.564. The fraction of sp³-hybridized carbons (Fsp3) is 0.526. The lowest BCUT2D eigenvalue weighted by Crippen LogP contribution is -2.53. The minimum Gasteiger partial charge on any atom is -0.444 e. The normalized spacial score (nSPS) is 13.7. The van der Waals surface area contributed by atoms with Crippen molar-refractivity contribution < 1.29 is 19.1 Å². The van der Waals surface area contributed by atoms with Crippen LogP contribution in [-0.2, 0) is 20.7 Å². The van der Waals surface area contributed by atoms with Gasteiger partial charge in [-0.2, -0.15) is 0 Å². The number of carbonyl (C=O) groups is 3. The second-order valence-corrected chi connectivity index (χ2v) is 7.31. The van der Waals surface area contributed by atoms with E-state index in [0.717, 1.165) is 5.56 Å². The number of amides is 2. The van der Waals surface area contributed by atoms with Gasteiger partial charge in [-0.1, -0.05) is 44.2 Å². The van der Waals surface area contributed by atoms with Crippen molar-refractivity contribution >= 4 is 18.3 Å². The van der Waals surface area contributed by atoms with E-state index in [1.54, 1.807) is 20.8 Å². The number of rotatable bonds is 7. The molecule has 2 N–H and O–H groups in total. The van der Waals surface area contributed by atoms with Crippen molar-refractivity contribution in [2.75, 3.05) is 0 Å². The molecule has 25 heavy (non-hydrogen) atoms. The van der Waals surface area contributed by atoms with Crippen LogP contribution in [0.25, 0.3) is 0 Å². The first-order valence-corrected chi connectivity index (χ1v) is 8.41. The predicted molar refractivity (Wildman–Crippen MR) is 96.1 cm³/mol. The van der Waals surface area contributed by atoms with Gasteiger partial charge >= 0.3 is 6.09 Å². The molecule has 0 fully saturated rings. The van der Waals surface area contributed by atoms with Crippen LogP contribution in [-0.4, -0.2) is 36.0 Å². The van der Waals surface area contributed by atoms with Gasteiger partial charge in [0.1, 0.15) is 17.9 Å². The highest BCUT2D eigenvalue weighted by atomic mass is 16.6. The molecule has 0 aromatic heterocycles. The van der Waals surface area contributed by atoms with Crippen molar-refractivity contribution in [2.24, 2.45) is 5.92 Å². The summed E-state index contributed by atoms with van der Waals surface area (Å²) in [7, 11) is 0. The lowest BCUT2D eigenvalue weighted by atomic mass is 10.0. The van der Waals surface area contributed by atoms with E-state index in [4.69, 9.17) is 4.74 Å². The van der Waals surface area contributed by atoms with E-state index in [0.29, 0.717) is 12.7 Å². The zero-order valence-electron chi connectivity index (χ0n) is 15.5. The van der Waals surface area contributed by atoms with Gasteiger partial charge < -0.3 is 20.2 Å². The van der Waals surface area contributed by atoms with Gasteiger partial charge in [-0.05, 0) is 38.7 Å². The minimum absolute atomic E-state index is 0.156. The maximum Gasteiger partial charge on any atom is 0.408 e. The van der Waals surface area contributed by atoms with Gasteiger partial charge in [0, 0.05) is 0 Å². The fourth-order valence-electron chi connectivity index (χ4n) is 2.24. The fourth-order valence-corrected chi connectivity index (χ4v) is 2.24. The van der Waals surface area contributed by atoms with E-state index in [9.17, 15) is 14.4 Å². The average molecular weight is 348 g/mol. The van der Waals surface area contributed by atoms with Gasteiger partial charge in [0.05, 0.1) is 6.04 Å². The number of aldehydes is 1. The molecule has 0 saturated carbocycles. The Kier molecular flexibility index (Phi) is 7.61. The third kappa shape index (κ3) is 7.83. The highest BCUT2D eigenvalue weighted by Crippen LogP contribution is 2.09. The van der Waals surface area contributed by atoms with Crippen molar-refractivity contribution in [2.45, 2.75) is 58.7 Å². The highest BCUT2D eigenvalue weighted by Gasteiger charge is 2.28. The molecule has 0 aliphatic rings. The standard InChI is InChI=1S/C19H28N2O4/c1-13(2)16(21-18(24)25-19(3,4)5)17(23)20-15(12-22)11-14-9-7-6-8-10-14/h6-10,12-13,15-16H,11H2,1-5H3,(H,20,23)(H,21,24). The quantitative estimate of drug-likeness (QED) is 0.741. The molecular weight excluding hydrogens is 320 g/mol. The molecule has 0 radical (unpaired) electrons. The summed E-state index contributed by atoms with van der Waals surface area (Å²) in [4.78, 5) is 35.8. The average Bonchev–Trinajstić information content (AvgIpc) is 2.50. The van der Waals surface area contributed by atoms with Gasteiger partial charge in [-0.25, -0.2) is 4.79 Å². The van der Waals surface area contributed by atoms with Crippen molar-refractivity contribution in [3.05, 3.63) is 35.9 Å². The zero-order chi connectivity index (χ0) is 19.0. The van der Waals surface area contributed by atoms with Crippen LogP contribution in [0.1, 0.15) is 40.2 Å². The van der Waals surface area contributed by atoms with E-state index in [2.05, 4.69) is 10.6 Å². The van der Waals surface area contributed by atoms with Gasteiger partial charge in [0.15, 0.2) is 0 Å². The third-order valence-corrected chi connectivity index (χ3v) is 3.41. The first-order chi connectivity index (χ1) is 11.6. The van der Waals surface area contributed by atoms with Crippen LogP contribution < -0.4 is 10.6 Å². The molecule has 0 aliphatic carbocycles. The summed E-state index contributed by atoms with van der Waals surface area (Å²) >= 11 is 0. The maximum absolute atomic E-state index is 12.5. The lowest BCUT2D eigenvalue weighted by molar-refractivity contribution is -0.126. The molecule has 0 heterocycles. The molecule has 0 aliphatic heterocycles. The smallest absolute Gasteiger partial charge is 0.408 e. The number of ether oxygens (including phenoxy) is 1. The number of hydrogen-bond donors (Lipinski definition) is 2. The van der Waals surface area contributed by atoms with Crippen molar-refractivity contribution in [3.8, 4) is 0 Å². The largest absolute Gasteiger partial charge is 0.444 e. The highest BCUT2D eigenvalue weighted by molar-refractivity contribution is 5.87. The zero-order valence-corrected chi connectivity index (χ0v) is 15.5. The molecule has 0 saturated heterocycles. The number of benzene rings is 1. The molecule has 1 aromatic carbocycles. The van der Waals surface area contributed by atoms with Crippen molar-refractivity contribution in [3.63, 3.8) is 0 Å². The molecule has 1 rings (SSSR count). The third-order valence-electron chi connectivity index (χ3n) is 3.41. The summed E-state index contributed by atoms with van der Waals surface area (Å²) in [6.07, 6.45) is 0.440. The van der Waals surface area contributed by atoms with Crippen LogP contribution in [0.5, 0.6) is 0 Å². The van der Waals surface area contributed by atoms with Crippen molar-refractivity contribution in [1.82, 2.24) is 10.6 Å². The molecule has 138 valence electrons. The van der Waals surface area contributed by atoms with Crippen LogP contribution in [0, 0.1) is 5.92 Å². The number of alkyl carbamates (subject to hydrolysis) is 1. The first-order valence-electron chi connectivity index (χ1n) is 8.41. The maximum atomic E-state index is 12.5. The SMILES string of the molecule is CC(C)C(NC(=O)OC(C)(C)C)C(=O)NC(C=O)Cc1ccccc1. The Morgan fingerprint density at radius 3 is 2.20 bits per heavy atom. The monoisotopic (exact) mass is 348 g/mol. The molecule has 2 atom stereocenters. The Bertz CT molecular complexity index is 579. The Morgan fingerprint density at radius 2 is 1.72 bits per heavy atom. The summed E-state index contributed by atoms with van der Waals surface area (Å²) in [6, 6.07) is 7.98. The lowest BCUT2D eigenvalue weighted by Gasteiger charge is -2.26. The second kappa shape index (κ2) is 9.20. The molecule has 6 heteroatoms. The number of nitrogens with one attached hydrogen (secondary N) is 2. The summed E-state index contributed by atoms with van der Waals surface area (Å²) in [5, 5.41) is 5.26. The number of hydrogen-bond acceptors (Lipinski definition) is 4. The van der Waals surface area contributed by atoms with Gasteiger partial charge in [-0.15, -0.1) is 0 Å². The first kappa shape index (κ1) is 20.7. The van der Waals surface area contributed by atoms with Gasteiger partial charge in [-0.3, -0.25) is 4.79 Å². The van der Waals surface area contributed by atoms with Crippen LogP contribution >= 0.6 is 0 Å². The molecular formula is C19H28N2O4. The molecule has 1 aromatic rings. The Hall–Kier alpha value is -2.37. The number of carbonyl (C=O) groups excluding carboxylic acids is 3. The Balaban J connectivity index is 2.71. The van der Waals surface area contributed by atoms with Crippen molar-refractivity contribution in [1.29, 1.82) is 0 Å². The van der Waals surface area contributed by atoms with Gasteiger partial charge in [0.25, 0.3) is 0 Å². The van der Waals surface area contributed by atoms with Crippen LogP contribution in [0.15, 0.2) is 30.3 Å². The topological polar surface area (TPSA) is 84.5 Å². The predicted octanol–water partition coefficient (Wildman–Crippen LogP) is 2.46. The Morgan fingerprint density at radius 1 is 1.12 bits per heavy atom. The van der Waals surface area contributed by atoms with Crippen LogP contribution in [0.2, 0.25) is 0 Å². The molecule has 0 bridgehead atoms. The van der Waals surface area contributed by atoms with Crippen LogP contribution in [0.3, 0.4) is 0 Å². The van der Waals surface area contributed by atoms with E-state index in [1.807, 2.05) is 44.2 Å². The van der Waals surface area contributed by atoms with E-state index < -0.39 is 29.7 Å². The summed E-state index contributed by atoms with van der Waals surface area (Å²) < 4.78 is 5.20. The second-order valence-electron chi connectivity index (χ2n) is 7.31. The minimum atomic E-state index is -0.784. The van der Waals surface area contributed by atoms with E-state index in [-0.39, 0.29) is 5.92 Å². The van der Waals surface area contributed by atoms with Crippen LogP contribution in [0.4, 0.5) is 4.79 Å². The Labute approximate surface area is 149 Å². The molecule has 2 unspecified atom stereocenters. The summed E-state index contributed by atoms with van der Waals surface area (Å²) in [5.41, 5.74) is 0.293. The molecule has 2 amide bonds.